The van der Waals surface area contributed by atoms with Crippen molar-refractivity contribution in [2.24, 2.45) is 11.8 Å². The smallest absolute Gasteiger partial charge is 0.239 e. The lowest BCUT2D eigenvalue weighted by Crippen LogP contribution is -2.44. The molecule has 0 radical (unpaired) electrons. The molecule has 7 heteroatoms. The molecule has 414 valence electrons. The normalized spacial score (nSPS) is 18.8. The molecule has 3 unspecified atom stereocenters. The van der Waals surface area contributed by atoms with E-state index >= 15 is 0 Å². The van der Waals surface area contributed by atoms with Crippen molar-refractivity contribution in [2.75, 3.05) is 14.7 Å². The van der Waals surface area contributed by atoms with E-state index in [1.807, 2.05) is 24.8 Å². The van der Waals surface area contributed by atoms with E-state index in [1.165, 1.54) is 49.4 Å². The van der Waals surface area contributed by atoms with E-state index in [2.05, 4.69) is 286 Å². The summed E-state index contributed by atoms with van der Waals surface area (Å²) >= 11 is 0. The summed E-state index contributed by atoms with van der Waals surface area (Å²) in [4.78, 5) is 17.0. The number of hydrogen-bond acceptors (Lipinski definition) is 6. The van der Waals surface area contributed by atoms with Crippen molar-refractivity contribution >= 4 is 118 Å². The number of anilines is 8. The first-order chi connectivity index (χ1) is 44.2. The number of hydrogen-bond donors (Lipinski definition) is 0. The number of nitrogens with zero attached hydrogens (tertiary/aromatic N) is 6. The van der Waals surface area contributed by atoms with Crippen LogP contribution in [0, 0.1) is 11.8 Å². The van der Waals surface area contributed by atoms with Crippen molar-refractivity contribution in [2.45, 2.75) is 6.04 Å². The van der Waals surface area contributed by atoms with Gasteiger partial charge in [-0.05, 0) is 140 Å². The molecule has 12 aromatic rings. The molecule has 20 rings (SSSR count). The van der Waals surface area contributed by atoms with Gasteiger partial charge in [-0.2, -0.15) is 4.58 Å². The molecule has 5 heterocycles. The average Bonchev–Trinajstić information content (AvgIpc) is 1.57. The summed E-state index contributed by atoms with van der Waals surface area (Å²) in [5.74, 6) is 0.301. The molecular formula is C82H51N6O+. The molecule has 0 bridgehead atoms. The van der Waals surface area contributed by atoms with Crippen LogP contribution in [0.2, 0.25) is 0 Å². The Morgan fingerprint density at radius 1 is 0.427 bits per heavy atom. The lowest BCUT2D eigenvalue weighted by atomic mass is 9.61. The first-order valence-corrected chi connectivity index (χ1v) is 30.7. The Morgan fingerprint density at radius 2 is 1.04 bits per heavy atom. The minimum Gasteiger partial charge on any atom is -0.456 e. The molecule has 3 atom stereocenters. The summed E-state index contributed by atoms with van der Waals surface area (Å²) in [5.41, 5.74) is 26.1. The Hall–Kier alpha value is -11.7. The van der Waals surface area contributed by atoms with Crippen molar-refractivity contribution in [3.8, 4) is 22.3 Å². The number of fused-ring (bicyclic) bond motifs is 8. The second-order valence-corrected chi connectivity index (χ2v) is 24.1. The van der Waals surface area contributed by atoms with E-state index in [-0.39, 0.29) is 17.9 Å². The highest BCUT2D eigenvalue weighted by molar-refractivity contribution is 6.33. The van der Waals surface area contributed by atoms with Gasteiger partial charge in [0.15, 0.2) is 0 Å². The van der Waals surface area contributed by atoms with Crippen molar-refractivity contribution in [1.82, 2.24) is 14.5 Å². The molecule has 0 saturated heterocycles. The zero-order chi connectivity index (χ0) is 58.0. The van der Waals surface area contributed by atoms with Crippen LogP contribution in [0.25, 0.3) is 77.2 Å². The van der Waals surface area contributed by atoms with Crippen LogP contribution in [0.1, 0.15) is 0 Å². The number of pyridine rings is 2. The van der Waals surface area contributed by atoms with Gasteiger partial charge in [-0.15, -0.1) is 0 Å². The Balaban J connectivity index is 0.890. The fraction of sp³-hybridized carbons (Fsp3) is 0.0366. The molecule has 3 aromatic heterocycles. The van der Waals surface area contributed by atoms with Crippen molar-refractivity contribution in [3.63, 3.8) is 0 Å². The summed E-state index contributed by atoms with van der Waals surface area (Å²) in [6, 6.07) is 66.8. The first-order valence-electron chi connectivity index (χ1n) is 30.7. The Labute approximate surface area is 512 Å². The van der Waals surface area contributed by atoms with Gasteiger partial charge in [-0.3, -0.25) is 9.97 Å². The van der Waals surface area contributed by atoms with E-state index in [0.717, 1.165) is 123 Å². The van der Waals surface area contributed by atoms with Gasteiger partial charge in [-0.1, -0.05) is 164 Å². The Bertz CT molecular complexity index is 5570. The highest BCUT2D eigenvalue weighted by atomic mass is 16.3. The largest absolute Gasteiger partial charge is 0.456 e. The van der Waals surface area contributed by atoms with Gasteiger partial charge in [0.1, 0.15) is 22.7 Å². The zero-order valence-corrected chi connectivity index (χ0v) is 48.0. The van der Waals surface area contributed by atoms with Crippen LogP contribution >= 0.6 is 0 Å². The fourth-order valence-corrected chi connectivity index (χ4v) is 16.1. The van der Waals surface area contributed by atoms with Gasteiger partial charge < -0.3 is 19.1 Å². The van der Waals surface area contributed by atoms with Crippen LogP contribution in [0.3, 0.4) is 0 Å². The molecule has 0 spiro atoms. The third-order valence-corrected chi connectivity index (χ3v) is 19.7. The van der Waals surface area contributed by atoms with E-state index < -0.39 is 0 Å². The molecule has 0 fully saturated rings. The van der Waals surface area contributed by atoms with Gasteiger partial charge in [0.2, 0.25) is 17.1 Å². The summed E-state index contributed by atoms with van der Waals surface area (Å²) in [6.07, 6.45) is 39.9. The lowest BCUT2D eigenvalue weighted by Gasteiger charge is -2.41. The summed E-state index contributed by atoms with van der Waals surface area (Å²) in [5, 5.41) is 9.21. The van der Waals surface area contributed by atoms with Crippen LogP contribution in [-0.2, 0) is 0 Å². The number of allylic oxidation sites excluding steroid dienone is 16. The molecule has 2 aliphatic heterocycles. The third-order valence-electron chi connectivity index (χ3n) is 19.7. The zero-order valence-electron chi connectivity index (χ0n) is 48.0. The standard InChI is InChI=1S/C82H51N6O/c1-3-22-52(23-4-1)85-66-30-7-10-33-69(66)87(70-34-11-8-31-67(70)85)72-42-62(50-20-16-40-83-47-50)57-37-39-60-73(43-63(51-21-17-41-84-48-51)58-36-38-59(72)81(57)82(58)60)88-71-35-12-9-32-68(71)86(53-24-5-2-6-25-53)74-44-65-76(46-75(74)88)89-77-45-64-56-27-14-19-49-18-13-26-54(78(49)56)55-28-15-29-61(79(55)64)80(65)77/h1-48,68,78-79H/q+1. The number of rotatable bonds is 6. The minimum absolute atomic E-state index is 0.0936. The van der Waals surface area contributed by atoms with Gasteiger partial charge in [-0.25, -0.2) is 0 Å². The number of aromatic nitrogens is 2. The number of benzene rings is 9. The van der Waals surface area contributed by atoms with E-state index in [9.17, 15) is 0 Å². The van der Waals surface area contributed by atoms with E-state index in [1.54, 1.807) is 0 Å². The van der Waals surface area contributed by atoms with Gasteiger partial charge in [0.05, 0.1) is 39.9 Å². The maximum Gasteiger partial charge on any atom is 0.239 e. The molecule has 0 N–H and O–H groups in total. The molecule has 0 saturated carbocycles. The Morgan fingerprint density at radius 3 is 1.76 bits per heavy atom. The van der Waals surface area contributed by atoms with Crippen LogP contribution in [0.15, 0.2) is 318 Å². The molecule has 9 aromatic carbocycles. The summed E-state index contributed by atoms with van der Waals surface area (Å²) in [6.45, 7) is 0. The molecule has 0 amide bonds. The number of para-hydroxylation sites is 6. The van der Waals surface area contributed by atoms with E-state index in [0.29, 0.717) is 0 Å². The fourth-order valence-electron chi connectivity index (χ4n) is 16.1. The average molecular weight is 1140 g/mol. The van der Waals surface area contributed by atoms with Crippen LogP contribution in [0.5, 0.6) is 0 Å². The first kappa shape index (κ1) is 48.6. The highest BCUT2D eigenvalue weighted by Crippen LogP contribution is 2.59. The van der Waals surface area contributed by atoms with Crippen molar-refractivity contribution < 1.29 is 4.42 Å². The lowest BCUT2D eigenvalue weighted by molar-refractivity contribution is 0.571. The maximum absolute atomic E-state index is 7.37. The minimum atomic E-state index is -0.171. The van der Waals surface area contributed by atoms with Crippen molar-refractivity contribution in [1.29, 1.82) is 0 Å². The Kier molecular flexibility index (Phi) is 10.1. The SMILES string of the molecule is C1=CC2=CC=CC3=C4C=c5oc6cc7c(cc6c5=C5C=CC=C(C(=C1)C23)C45)N(c1ccccc1)C1C=CC=CC1=[N+]7c1cc(-c2cccnc2)c2ccc3c(N4c5ccccc5N(c5ccccc5)c5ccccc54)cc(-c4cccnc4)c4ccc1c2c43. The van der Waals surface area contributed by atoms with E-state index in [4.69, 9.17) is 14.4 Å². The maximum atomic E-state index is 7.37. The van der Waals surface area contributed by atoms with Crippen LogP contribution < -0.4 is 29.9 Å². The second kappa shape index (κ2) is 18.4. The molecule has 7 nitrogen and oxygen atoms in total. The molecular weight excluding hydrogens is 1080 g/mol. The van der Waals surface area contributed by atoms with Crippen molar-refractivity contribution in [3.05, 3.63) is 324 Å². The number of furan rings is 1. The predicted octanol–water partition coefficient (Wildman–Crippen LogP) is 18.6. The van der Waals surface area contributed by atoms with Crippen LogP contribution in [0.4, 0.5) is 56.9 Å². The second-order valence-electron chi connectivity index (χ2n) is 24.1. The third kappa shape index (κ3) is 6.78. The topological polar surface area (TPSA) is 51.7 Å². The monoisotopic (exact) mass is 1140 g/mol. The van der Waals surface area contributed by atoms with Gasteiger partial charge in [0, 0.05) is 98.0 Å². The highest BCUT2D eigenvalue weighted by Gasteiger charge is 2.45. The van der Waals surface area contributed by atoms with Crippen LogP contribution in [-0.4, -0.2) is 21.7 Å². The summed E-state index contributed by atoms with van der Waals surface area (Å²) < 4.78 is 9.93. The molecule has 89 heavy (non-hydrogen) atoms. The molecule has 6 aliphatic carbocycles. The molecule has 8 aliphatic rings. The van der Waals surface area contributed by atoms with Gasteiger partial charge in [0.25, 0.3) is 0 Å². The predicted molar refractivity (Wildman–Crippen MR) is 366 cm³/mol. The van der Waals surface area contributed by atoms with Gasteiger partial charge >= 0.3 is 0 Å². The summed E-state index contributed by atoms with van der Waals surface area (Å²) in [7, 11) is 0. The quantitative estimate of drug-likeness (QED) is 0.122.